The van der Waals surface area contributed by atoms with Gasteiger partial charge in [0.1, 0.15) is 5.75 Å². The Bertz CT molecular complexity index is 313. The summed E-state index contributed by atoms with van der Waals surface area (Å²) in [4.78, 5) is 0. The Balaban J connectivity index is 3.35. The Morgan fingerprint density at radius 2 is 1.93 bits per heavy atom. The van der Waals surface area contributed by atoms with Crippen LogP contribution in [0.4, 0.5) is 0 Å². The van der Waals surface area contributed by atoms with Gasteiger partial charge in [-0.05, 0) is 36.0 Å². The van der Waals surface area contributed by atoms with Crippen LogP contribution in [0, 0.1) is 6.92 Å². The van der Waals surface area contributed by atoms with E-state index in [0.717, 1.165) is 12.2 Å². The number of rotatable bonds is 3. The third-order valence-corrected chi connectivity index (χ3v) is 2.66. The standard InChI is InChI=1S/C13H20O/c1-6-11-8-7-10(4)12(9(2)3)13(11)14-5/h7-9H,6H2,1-5H3. The van der Waals surface area contributed by atoms with Crippen molar-refractivity contribution in [2.45, 2.75) is 40.0 Å². The molecule has 78 valence electrons. The van der Waals surface area contributed by atoms with E-state index in [-0.39, 0.29) is 0 Å². The third kappa shape index (κ3) is 1.92. The zero-order valence-electron chi connectivity index (χ0n) is 9.85. The summed E-state index contributed by atoms with van der Waals surface area (Å²) < 4.78 is 5.51. The summed E-state index contributed by atoms with van der Waals surface area (Å²) in [7, 11) is 1.76. The average Bonchev–Trinajstić information content (AvgIpc) is 2.16. The van der Waals surface area contributed by atoms with Crippen molar-refractivity contribution in [3.8, 4) is 5.75 Å². The molecule has 14 heavy (non-hydrogen) atoms. The molecule has 0 heterocycles. The van der Waals surface area contributed by atoms with Gasteiger partial charge in [-0.3, -0.25) is 0 Å². The highest BCUT2D eigenvalue weighted by Gasteiger charge is 2.13. The third-order valence-electron chi connectivity index (χ3n) is 2.66. The molecular formula is C13H20O. The minimum absolute atomic E-state index is 0.524. The molecule has 0 fully saturated rings. The van der Waals surface area contributed by atoms with E-state index < -0.39 is 0 Å². The van der Waals surface area contributed by atoms with Crippen LogP contribution < -0.4 is 4.74 Å². The van der Waals surface area contributed by atoms with Crippen molar-refractivity contribution in [3.63, 3.8) is 0 Å². The molecule has 0 radical (unpaired) electrons. The number of hydrogen-bond acceptors (Lipinski definition) is 1. The minimum atomic E-state index is 0.524. The van der Waals surface area contributed by atoms with Crippen LogP contribution in [0.5, 0.6) is 5.75 Å². The Morgan fingerprint density at radius 1 is 1.29 bits per heavy atom. The second-order valence-corrected chi connectivity index (χ2v) is 4.00. The zero-order chi connectivity index (χ0) is 10.7. The van der Waals surface area contributed by atoms with Gasteiger partial charge in [0.15, 0.2) is 0 Å². The lowest BCUT2D eigenvalue weighted by molar-refractivity contribution is 0.402. The van der Waals surface area contributed by atoms with Crippen LogP contribution in [0.25, 0.3) is 0 Å². The fourth-order valence-corrected chi connectivity index (χ4v) is 1.98. The molecule has 0 aliphatic rings. The van der Waals surface area contributed by atoms with Crippen molar-refractivity contribution < 1.29 is 4.74 Å². The first-order valence-electron chi connectivity index (χ1n) is 5.28. The largest absolute Gasteiger partial charge is 0.496 e. The van der Waals surface area contributed by atoms with Gasteiger partial charge in [-0.15, -0.1) is 0 Å². The Morgan fingerprint density at radius 3 is 2.36 bits per heavy atom. The van der Waals surface area contributed by atoms with Crippen molar-refractivity contribution in [3.05, 3.63) is 28.8 Å². The highest BCUT2D eigenvalue weighted by Crippen LogP contribution is 2.33. The van der Waals surface area contributed by atoms with Crippen LogP contribution in [-0.2, 0) is 6.42 Å². The lowest BCUT2D eigenvalue weighted by Crippen LogP contribution is -2.01. The maximum Gasteiger partial charge on any atom is 0.125 e. The minimum Gasteiger partial charge on any atom is -0.496 e. The summed E-state index contributed by atoms with van der Waals surface area (Å²) in [6.45, 7) is 8.74. The van der Waals surface area contributed by atoms with Crippen LogP contribution >= 0.6 is 0 Å². The first kappa shape index (κ1) is 11.1. The molecule has 1 aromatic carbocycles. The maximum atomic E-state index is 5.51. The molecule has 1 aromatic rings. The molecule has 0 aromatic heterocycles. The second-order valence-electron chi connectivity index (χ2n) is 4.00. The molecule has 1 heteroatoms. The summed E-state index contributed by atoms with van der Waals surface area (Å²) in [6.07, 6.45) is 1.03. The van der Waals surface area contributed by atoms with Gasteiger partial charge in [0.2, 0.25) is 0 Å². The van der Waals surface area contributed by atoms with Gasteiger partial charge in [0.05, 0.1) is 7.11 Å². The fraction of sp³-hybridized carbons (Fsp3) is 0.538. The van der Waals surface area contributed by atoms with Gasteiger partial charge in [-0.25, -0.2) is 0 Å². The highest BCUT2D eigenvalue weighted by molar-refractivity contribution is 5.47. The summed E-state index contributed by atoms with van der Waals surface area (Å²) in [5, 5.41) is 0. The Kier molecular flexibility index (Phi) is 3.56. The molecule has 0 saturated heterocycles. The van der Waals surface area contributed by atoms with E-state index in [1.807, 2.05) is 0 Å². The Labute approximate surface area is 87.1 Å². The van der Waals surface area contributed by atoms with Gasteiger partial charge < -0.3 is 4.74 Å². The van der Waals surface area contributed by atoms with E-state index in [9.17, 15) is 0 Å². The number of benzene rings is 1. The zero-order valence-corrected chi connectivity index (χ0v) is 9.85. The second kappa shape index (κ2) is 4.50. The topological polar surface area (TPSA) is 9.23 Å². The van der Waals surface area contributed by atoms with Gasteiger partial charge in [0.25, 0.3) is 0 Å². The van der Waals surface area contributed by atoms with Crippen molar-refractivity contribution >= 4 is 0 Å². The smallest absolute Gasteiger partial charge is 0.125 e. The van der Waals surface area contributed by atoms with E-state index in [1.54, 1.807) is 7.11 Å². The van der Waals surface area contributed by atoms with Crippen LogP contribution in [0.1, 0.15) is 43.4 Å². The fourth-order valence-electron chi connectivity index (χ4n) is 1.98. The average molecular weight is 192 g/mol. The van der Waals surface area contributed by atoms with Gasteiger partial charge in [-0.2, -0.15) is 0 Å². The van der Waals surface area contributed by atoms with Crippen molar-refractivity contribution in [2.75, 3.05) is 7.11 Å². The van der Waals surface area contributed by atoms with E-state index in [1.165, 1.54) is 16.7 Å². The van der Waals surface area contributed by atoms with Crippen LogP contribution in [0.3, 0.4) is 0 Å². The monoisotopic (exact) mass is 192 g/mol. The lowest BCUT2D eigenvalue weighted by atomic mass is 9.93. The van der Waals surface area contributed by atoms with Gasteiger partial charge in [0, 0.05) is 0 Å². The molecule has 0 spiro atoms. The van der Waals surface area contributed by atoms with E-state index in [2.05, 4.69) is 39.8 Å². The Hall–Kier alpha value is -0.980. The summed E-state index contributed by atoms with van der Waals surface area (Å²) in [5.41, 5.74) is 3.99. The first-order chi connectivity index (χ1) is 6.61. The summed E-state index contributed by atoms with van der Waals surface area (Å²) in [6, 6.07) is 4.36. The summed E-state index contributed by atoms with van der Waals surface area (Å²) >= 11 is 0. The molecular weight excluding hydrogens is 172 g/mol. The molecule has 0 N–H and O–H groups in total. The molecule has 1 rings (SSSR count). The molecule has 1 nitrogen and oxygen atoms in total. The molecule has 0 saturated carbocycles. The number of methoxy groups -OCH3 is 1. The van der Waals surface area contributed by atoms with Crippen molar-refractivity contribution in [1.29, 1.82) is 0 Å². The van der Waals surface area contributed by atoms with Crippen LogP contribution in [0.15, 0.2) is 12.1 Å². The molecule has 0 atom stereocenters. The van der Waals surface area contributed by atoms with Gasteiger partial charge in [-0.1, -0.05) is 32.9 Å². The molecule has 0 amide bonds. The number of aryl methyl sites for hydroxylation is 2. The van der Waals surface area contributed by atoms with Crippen molar-refractivity contribution in [1.82, 2.24) is 0 Å². The predicted octanol–water partition coefficient (Wildman–Crippen LogP) is 3.69. The number of ether oxygens (including phenoxy) is 1. The normalized spacial score (nSPS) is 10.7. The molecule has 0 aliphatic heterocycles. The number of hydrogen-bond donors (Lipinski definition) is 0. The van der Waals surface area contributed by atoms with Gasteiger partial charge >= 0.3 is 0 Å². The molecule has 0 unspecified atom stereocenters. The lowest BCUT2D eigenvalue weighted by Gasteiger charge is -2.17. The SMILES string of the molecule is CCc1ccc(C)c(C(C)C)c1OC. The predicted molar refractivity (Wildman–Crippen MR) is 61.2 cm³/mol. The highest BCUT2D eigenvalue weighted by atomic mass is 16.5. The molecule has 0 bridgehead atoms. The summed E-state index contributed by atoms with van der Waals surface area (Å²) in [5.74, 6) is 1.61. The maximum absolute atomic E-state index is 5.51. The first-order valence-corrected chi connectivity index (χ1v) is 5.28. The van der Waals surface area contributed by atoms with Crippen LogP contribution in [0.2, 0.25) is 0 Å². The van der Waals surface area contributed by atoms with E-state index in [0.29, 0.717) is 5.92 Å². The van der Waals surface area contributed by atoms with Crippen molar-refractivity contribution in [2.24, 2.45) is 0 Å². The van der Waals surface area contributed by atoms with Crippen LogP contribution in [-0.4, -0.2) is 7.11 Å². The van der Waals surface area contributed by atoms with E-state index >= 15 is 0 Å². The van der Waals surface area contributed by atoms with E-state index in [4.69, 9.17) is 4.74 Å². The molecule has 0 aliphatic carbocycles. The quantitative estimate of drug-likeness (QED) is 0.709.